The van der Waals surface area contributed by atoms with Gasteiger partial charge in [0.1, 0.15) is 0 Å². The van der Waals surface area contributed by atoms with Gasteiger partial charge in [-0.1, -0.05) is 51.4 Å². The second-order valence-electron chi connectivity index (χ2n) is 4.29. The quantitative estimate of drug-likeness (QED) is 0.475. The fraction of sp³-hybridized carbons (Fsp3) is 0.0714. The zero-order valence-corrected chi connectivity index (χ0v) is 15.0. The molecule has 0 unspecified atom stereocenters. The van der Waals surface area contributed by atoms with Crippen molar-refractivity contribution < 1.29 is 4.79 Å². The SMILES string of the molecule is O=C(CSc1n[nH]c(-c2ccc(Br)cc2)n1)c1ccc(Cl)s1. The summed E-state index contributed by atoms with van der Waals surface area (Å²) in [7, 11) is 0. The molecule has 0 aliphatic heterocycles. The summed E-state index contributed by atoms with van der Waals surface area (Å²) in [6.45, 7) is 0. The van der Waals surface area contributed by atoms with Crippen molar-refractivity contribution >= 4 is 56.4 Å². The van der Waals surface area contributed by atoms with Gasteiger partial charge in [-0.3, -0.25) is 9.89 Å². The Morgan fingerprint density at radius 2 is 2.05 bits per heavy atom. The molecule has 4 nitrogen and oxygen atoms in total. The number of nitrogens with one attached hydrogen (secondary N) is 1. The summed E-state index contributed by atoms with van der Waals surface area (Å²) in [5.74, 6) is 0.993. The van der Waals surface area contributed by atoms with Crippen LogP contribution >= 0.6 is 50.6 Å². The van der Waals surface area contributed by atoms with Gasteiger partial charge in [0.25, 0.3) is 0 Å². The van der Waals surface area contributed by atoms with Crippen LogP contribution in [0.15, 0.2) is 46.0 Å². The van der Waals surface area contributed by atoms with Gasteiger partial charge in [0.2, 0.25) is 5.16 Å². The molecule has 2 aromatic heterocycles. The van der Waals surface area contributed by atoms with Crippen molar-refractivity contribution in [2.24, 2.45) is 0 Å². The van der Waals surface area contributed by atoms with Crippen LogP contribution in [0.4, 0.5) is 0 Å². The van der Waals surface area contributed by atoms with E-state index in [9.17, 15) is 4.79 Å². The van der Waals surface area contributed by atoms with Crippen LogP contribution in [0.5, 0.6) is 0 Å². The lowest BCUT2D eigenvalue weighted by Crippen LogP contribution is -1.99. The number of H-pyrrole nitrogens is 1. The van der Waals surface area contributed by atoms with E-state index in [1.165, 1.54) is 23.1 Å². The molecule has 0 fully saturated rings. The third-order valence-corrected chi connectivity index (χ3v) is 5.41. The minimum atomic E-state index is 0.0249. The van der Waals surface area contributed by atoms with Crippen LogP contribution < -0.4 is 0 Å². The molecule has 1 aromatic carbocycles. The maximum Gasteiger partial charge on any atom is 0.209 e. The van der Waals surface area contributed by atoms with Crippen molar-refractivity contribution in [2.75, 3.05) is 5.75 Å². The van der Waals surface area contributed by atoms with Crippen LogP contribution in [0.3, 0.4) is 0 Å². The van der Waals surface area contributed by atoms with Crippen LogP contribution in [0.1, 0.15) is 9.67 Å². The number of carbonyl (C=O) groups excluding carboxylic acids is 1. The lowest BCUT2D eigenvalue weighted by Gasteiger charge is -1.96. The number of hydrogen-bond acceptors (Lipinski definition) is 5. The molecule has 22 heavy (non-hydrogen) atoms. The number of Topliss-reactive ketones (excluding diaryl/α,β-unsaturated/α-hetero) is 1. The highest BCUT2D eigenvalue weighted by Gasteiger charge is 2.12. The Hall–Kier alpha value is -1.15. The molecule has 0 radical (unpaired) electrons. The van der Waals surface area contributed by atoms with Crippen LogP contribution in [0, 0.1) is 0 Å². The van der Waals surface area contributed by atoms with Crippen LogP contribution in [-0.4, -0.2) is 26.7 Å². The van der Waals surface area contributed by atoms with Crippen molar-refractivity contribution in [3.8, 4) is 11.4 Å². The first-order chi connectivity index (χ1) is 10.6. The van der Waals surface area contributed by atoms with E-state index < -0.39 is 0 Å². The molecule has 0 atom stereocenters. The summed E-state index contributed by atoms with van der Waals surface area (Å²) < 4.78 is 1.62. The highest BCUT2D eigenvalue weighted by Crippen LogP contribution is 2.25. The van der Waals surface area contributed by atoms with Gasteiger partial charge in [-0.15, -0.1) is 16.4 Å². The number of aromatic amines is 1. The van der Waals surface area contributed by atoms with Crippen LogP contribution in [0.2, 0.25) is 4.34 Å². The largest absolute Gasteiger partial charge is 0.292 e. The van der Waals surface area contributed by atoms with E-state index in [1.54, 1.807) is 12.1 Å². The van der Waals surface area contributed by atoms with E-state index in [-0.39, 0.29) is 11.5 Å². The summed E-state index contributed by atoms with van der Waals surface area (Å²) in [6, 6.07) is 11.2. The molecule has 1 N–H and O–H groups in total. The van der Waals surface area contributed by atoms with Gasteiger partial charge >= 0.3 is 0 Å². The maximum absolute atomic E-state index is 12.0. The fourth-order valence-electron chi connectivity index (χ4n) is 1.71. The number of benzene rings is 1. The van der Waals surface area contributed by atoms with Crippen LogP contribution in [-0.2, 0) is 0 Å². The lowest BCUT2D eigenvalue weighted by molar-refractivity contribution is 0.102. The molecule has 0 saturated heterocycles. The number of halogens is 2. The smallest absolute Gasteiger partial charge is 0.209 e. The Bertz CT molecular complexity index is 801. The van der Waals surface area contributed by atoms with E-state index in [0.29, 0.717) is 20.2 Å². The first-order valence-corrected chi connectivity index (χ1v) is 9.19. The number of nitrogens with zero attached hydrogens (tertiary/aromatic N) is 2. The molecule has 0 aliphatic rings. The standard InChI is InChI=1S/C14H9BrClN3OS2/c15-9-3-1-8(2-4-9)13-17-14(19-18-13)21-7-10(20)11-5-6-12(16)22-11/h1-6H,7H2,(H,17,18,19). The normalized spacial score (nSPS) is 10.8. The minimum Gasteiger partial charge on any atom is -0.292 e. The van der Waals surface area contributed by atoms with Gasteiger partial charge in [0.05, 0.1) is 15.0 Å². The Morgan fingerprint density at radius 1 is 1.27 bits per heavy atom. The zero-order chi connectivity index (χ0) is 15.5. The highest BCUT2D eigenvalue weighted by molar-refractivity contribution is 9.10. The molecule has 0 amide bonds. The second-order valence-corrected chi connectivity index (χ2v) is 7.86. The number of aromatic nitrogens is 3. The van der Waals surface area contributed by atoms with E-state index in [1.807, 2.05) is 24.3 Å². The summed E-state index contributed by atoms with van der Waals surface area (Å²) >= 11 is 11.8. The van der Waals surface area contributed by atoms with E-state index in [4.69, 9.17) is 11.6 Å². The topological polar surface area (TPSA) is 58.6 Å². The molecule has 3 aromatic rings. The predicted molar refractivity (Wildman–Crippen MR) is 93.9 cm³/mol. The number of hydrogen-bond donors (Lipinski definition) is 1. The van der Waals surface area contributed by atoms with Gasteiger partial charge in [-0.05, 0) is 24.3 Å². The molecule has 8 heteroatoms. The molecule has 112 valence electrons. The van der Waals surface area contributed by atoms with E-state index >= 15 is 0 Å². The summed E-state index contributed by atoms with van der Waals surface area (Å²) in [6.07, 6.45) is 0. The average molecular weight is 415 g/mol. The van der Waals surface area contributed by atoms with Crippen molar-refractivity contribution in [1.29, 1.82) is 0 Å². The first-order valence-electron chi connectivity index (χ1n) is 6.21. The summed E-state index contributed by atoms with van der Waals surface area (Å²) in [5.41, 5.74) is 0.943. The van der Waals surface area contributed by atoms with Gasteiger partial charge in [-0.25, -0.2) is 4.98 Å². The highest BCUT2D eigenvalue weighted by atomic mass is 79.9. The van der Waals surface area contributed by atoms with E-state index in [0.717, 1.165) is 10.0 Å². The molecule has 0 spiro atoms. The van der Waals surface area contributed by atoms with Crippen molar-refractivity contribution in [3.63, 3.8) is 0 Å². The molecule has 0 bridgehead atoms. The number of ketones is 1. The predicted octanol–water partition coefficient (Wildman–Crippen LogP) is 4.92. The number of thiophene rings is 1. The minimum absolute atomic E-state index is 0.0249. The molecule has 0 saturated carbocycles. The molecular weight excluding hydrogens is 406 g/mol. The van der Waals surface area contributed by atoms with Gasteiger partial charge in [0.15, 0.2) is 11.6 Å². The fourth-order valence-corrected chi connectivity index (χ4v) is 3.73. The van der Waals surface area contributed by atoms with E-state index in [2.05, 4.69) is 31.1 Å². The Labute approximate surface area is 148 Å². The van der Waals surface area contributed by atoms with Gasteiger partial charge in [0, 0.05) is 10.0 Å². The summed E-state index contributed by atoms with van der Waals surface area (Å²) in [4.78, 5) is 17.0. The molecular formula is C14H9BrClN3OS2. The zero-order valence-electron chi connectivity index (χ0n) is 11.0. The monoisotopic (exact) mass is 413 g/mol. The Kier molecular flexibility index (Phi) is 4.97. The number of thioether (sulfide) groups is 1. The van der Waals surface area contributed by atoms with Crippen LogP contribution in [0.25, 0.3) is 11.4 Å². The Balaban J connectivity index is 1.64. The summed E-state index contributed by atoms with van der Waals surface area (Å²) in [5, 5.41) is 7.56. The third kappa shape index (κ3) is 3.78. The van der Waals surface area contributed by atoms with Crippen molar-refractivity contribution in [3.05, 3.63) is 50.1 Å². The first kappa shape index (κ1) is 15.7. The maximum atomic E-state index is 12.0. The number of carbonyl (C=O) groups is 1. The van der Waals surface area contributed by atoms with Gasteiger partial charge in [-0.2, -0.15) is 0 Å². The third-order valence-electron chi connectivity index (χ3n) is 2.76. The molecule has 3 rings (SSSR count). The Morgan fingerprint density at radius 3 is 2.73 bits per heavy atom. The van der Waals surface area contributed by atoms with Crippen molar-refractivity contribution in [2.45, 2.75) is 5.16 Å². The lowest BCUT2D eigenvalue weighted by atomic mass is 10.2. The second kappa shape index (κ2) is 6.95. The average Bonchev–Trinajstić information content (AvgIpc) is 3.15. The van der Waals surface area contributed by atoms with Crippen molar-refractivity contribution in [1.82, 2.24) is 15.2 Å². The van der Waals surface area contributed by atoms with Gasteiger partial charge < -0.3 is 0 Å². The number of rotatable bonds is 5. The molecule has 0 aliphatic carbocycles. The molecule has 2 heterocycles.